The molecule has 2 saturated heterocycles. The van der Waals surface area contributed by atoms with Crippen molar-refractivity contribution in [2.45, 2.75) is 44.4 Å². The summed E-state index contributed by atoms with van der Waals surface area (Å²) in [5.74, 6) is 0.305. The Labute approximate surface area is 196 Å². The summed E-state index contributed by atoms with van der Waals surface area (Å²) in [5, 5.41) is 17.8. The first-order valence-corrected chi connectivity index (χ1v) is 11.7. The summed E-state index contributed by atoms with van der Waals surface area (Å²) in [6.45, 7) is 3.44. The van der Waals surface area contributed by atoms with Crippen LogP contribution in [0.5, 0.6) is 0 Å². The van der Waals surface area contributed by atoms with Crippen LogP contribution in [-0.2, 0) is 19.8 Å². The minimum absolute atomic E-state index is 0.000770. The molecule has 2 aromatic heterocycles. The van der Waals surface area contributed by atoms with E-state index >= 15 is 0 Å². The molecule has 176 valence electrons. The topological polar surface area (TPSA) is 122 Å². The van der Waals surface area contributed by atoms with Crippen LogP contribution in [0, 0.1) is 5.92 Å². The Hall–Kier alpha value is -3.82. The highest BCUT2D eigenvalue weighted by molar-refractivity contribution is 6.03. The van der Waals surface area contributed by atoms with Gasteiger partial charge in [-0.3, -0.25) is 19.7 Å². The number of anilines is 2. The van der Waals surface area contributed by atoms with Crippen LogP contribution in [0.1, 0.15) is 44.6 Å². The highest BCUT2D eigenvalue weighted by Gasteiger charge is 2.42. The van der Waals surface area contributed by atoms with Gasteiger partial charge < -0.3 is 10.2 Å². The third-order valence-corrected chi connectivity index (χ3v) is 7.11. The number of amides is 3. The zero-order chi connectivity index (χ0) is 23.7. The first kappa shape index (κ1) is 22.0. The van der Waals surface area contributed by atoms with Gasteiger partial charge in [0, 0.05) is 31.1 Å². The normalized spacial score (nSPS) is 21.5. The molecule has 3 amide bonds. The van der Waals surface area contributed by atoms with E-state index < -0.39 is 5.41 Å². The SMILES string of the molecule is CCC1(c2ccc(NC(=O)C3CCN(c4ccc5nncn5n4)CC3)cc2)CCC(=O)NC1=O. The number of piperidine rings is 2. The Morgan fingerprint density at radius 2 is 1.91 bits per heavy atom. The molecule has 3 aromatic rings. The Balaban J connectivity index is 1.19. The number of nitrogens with zero attached hydrogens (tertiary/aromatic N) is 5. The number of benzene rings is 1. The first-order valence-electron chi connectivity index (χ1n) is 11.7. The summed E-state index contributed by atoms with van der Waals surface area (Å²) < 4.78 is 1.65. The fourth-order valence-electron chi connectivity index (χ4n) is 4.94. The lowest BCUT2D eigenvalue weighted by Crippen LogP contribution is -2.51. The number of imide groups is 1. The van der Waals surface area contributed by atoms with Gasteiger partial charge in [-0.15, -0.1) is 15.3 Å². The van der Waals surface area contributed by atoms with Crippen molar-refractivity contribution >= 4 is 34.9 Å². The lowest BCUT2D eigenvalue weighted by Gasteiger charge is -2.35. The molecule has 2 fully saturated rings. The van der Waals surface area contributed by atoms with Crippen LogP contribution in [-0.4, -0.2) is 50.6 Å². The molecule has 0 radical (unpaired) electrons. The maximum atomic E-state index is 12.9. The van der Waals surface area contributed by atoms with E-state index in [0.717, 1.165) is 37.3 Å². The standard InChI is InChI=1S/C24H27N7O3/c1-2-24(12-9-21(32)27-23(24)34)17-3-5-18(6-4-17)26-22(33)16-10-13-30(14-11-16)20-8-7-19-28-25-15-31(19)29-20/h3-8,15-16H,2,9-14H2,1H3,(H,26,33)(H,27,32,34). The molecule has 1 atom stereocenters. The number of nitrogens with one attached hydrogen (secondary N) is 2. The number of carbonyl (C=O) groups excluding carboxylic acids is 3. The van der Waals surface area contributed by atoms with Crippen LogP contribution in [0.3, 0.4) is 0 Å². The number of hydrogen-bond acceptors (Lipinski definition) is 7. The predicted molar refractivity (Wildman–Crippen MR) is 125 cm³/mol. The zero-order valence-electron chi connectivity index (χ0n) is 19.0. The molecule has 4 heterocycles. The van der Waals surface area contributed by atoms with E-state index in [1.165, 1.54) is 0 Å². The Kier molecular flexibility index (Phi) is 5.72. The monoisotopic (exact) mass is 461 g/mol. The van der Waals surface area contributed by atoms with Gasteiger partial charge in [-0.2, -0.15) is 4.52 Å². The van der Waals surface area contributed by atoms with E-state index in [2.05, 4.69) is 30.8 Å². The molecule has 5 rings (SSSR count). The maximum Gasteiger partial charge on any atom is 0.237 e. The first-order chi connectivity index (χ1) is 16.5. The predicted octanol–water partition coefficient (Wildman–Crippen LogP) is 2.06. The Morgan fingerprint density at radius 1 is 1.15 bits per heavy atom. The summed E-state index contributed by atoms with van der Waals surface area (Å²) in [4.78, 5) is 39.2. The van der Waals surface area contributed by atoms with Crippen molar-refractivity contribution in [3.63, 3.8) is 0 Å². The molecule has 0 aliphatic carbocycles. The van der Waals surface area contributed by atoms with E-state index in [4.69, 9.17) is 0 Å². The second-order valence-electron chi connectivity index (χ2n) is 8.97. The fourth-order valence-corrected chi connectivity index (χ4v) is 4.94. The molecule has 0 saturated carbocycles. The Morgan fingerprint density at radius 3 is 2.62 bits per heavy atom. The van der Waals surface area contributed by atoms with Gasteiger partial charge in [-0.25, -0.2) is 0 Å². The largest absolute Gasteiger partial charge is 0.355 e. The molecular weight excluding hydrogens is 434 g/mol. The van der Waals surface area contributed by atoms with Crippen LogP contribution >= 0.6 is 0 Å². The average Bonchev–Trinajstić information content (AvgIpc) is 3.33. The van der Waals surface area contributed by atoms with Gasteiger partial charge in [0.25, 0.3) is 0 Å². The van der Waals surface area contributed by atoms with E-state index in [1.807, 2.05) is 43.3 Å². The third-order valence-electron chi connectivity index (χ3n) is 7.11. The molecule has 34 heavy (non-hydrogen) atoms. The molecule has 10 nitrogen and oxygen atoms in total. The van der Waals surface area contributed by atoms with E-state index in [-0.39, 0.29) is 23.6 Å². The minimum atomic E-state index is -0.701. The number of carbonyl (C=O) groups is 3. The number of fused-ring (bicyclic) bond motifs is 1. The van der Waals surface area contributed by atoms with E-state index in [9.17, 15) is 14.4 Å². The van der Waals surface area contributed by atoms with Crippen molar-refractivity contribution in [3.8, 4) is 0 Å². The van der Waals surface area contributed by atoms with Crippen molar-refractivity contribution in [2.24, 2.45) is 5.92 Å². The average molecular weight is 462 g/mol. The number of rotatable bonds is 5. The van der Waals surface area contributed by atoms with Crippen molar-refractivity contribution in [1.29, 1.82) is 0 Å². The second-order valence-corrected chi connectivity index (χ2v) is 8.97. The summed E-state index contributed by atoms with van der Waals surface area (Å²) in [5.41, 5.74) is 1.57. The van der Waals surface area contributed by atoms with Gasteiger partial charge >= 0.3 is 0 Å². The summed E-state index contributed by atoms with van der Waals surface area (Å²) in [7, 11) is 0. The van der Waals surface area contributed by atoms with Crippen molar-refractivity contribution in [2.75, 3.05) is 23.3 Å². The lowest BCUT2D eigenvalue weighted by molar-refractivity contribution is -0.138. The van der Waals surface area contributed by atoms with Crippen LogP contribution in [0.2, 0.25) is 0 Å². The molecule has 2 aliphatic heterocycles. The quantitative estimate of drug-likeness (QED) is 0.558. The molecular formula is C24H27N7O3. The van der Waals surface area contributed by atoms with E-state index in [1.54, 1.807) is 10.8 Å². The highest BCUT2D eigenvalue weighted by atomic mass is 16.2. The van der Waals surface area contributed by atoms with Gasteiger partial charge in [-0.05, 0) is 55.5 Å². The van der Waals surface area contributed by atoms with Gasteiger partial charge in [0.15, 0.2) is 5.65 Å². The van der Waals surface area contributed by atoms with E-state index in [0.29, 0.717) is 30.6 Å². The number of aromatic nitrogens is 4. The third kappa shape index (κ3) is 4.00. The van der Waals surface area contributed by atoms with Crippen molar-refractivity contribution in [3.05, 3.63) is 48.3 Å². The summed E-state index contributed by atoms with van der Waals surface area (Å²) in [6.07, 6.45) is 4.48. The van der Waals surface area contributed by atoms with Gasteiger partial charge in [-0.1, -0.05) is 19.1 Å². The second kappa shape index (κ2) is 8.85. The molecule has 2 aliphatic rings. The minimum Gasteiger partial charge on any atom is -0.355 e. The van der Waals surface area contributed by atoms with Gasteiger partial charge in [0.1, 0.15) is 12.1 Å². The molecule has 1 aromatic carbocycles. The van der Waals surface area contributed by atoms with Crippen molar-refractivity contribution < 1.29 is 14.4 Å². The highest BCUT2D eigenvalue weighted by Crippen LogP contribution is 2.36. The van der Waals surface area contributed by atoms with Crippen LogP contribution < -0.4 is 15.5 Å². The Bertz CT molecular complexity index is 1230. The maximum absolute atomic E-state index is 12.9. The summed E-state index contributed by atoms with van der Waals surface area (Å²) in [6, 6.07) is 11.2. The van der Waals surface area contributed by atoms with Gasteiger partial charge in [0.05, 0.1) is 5.41 Å². The van der Waals surface area contributed by atoms with Crippen LogP contribution in [0.4, 0.5) is 11.5 Å². The molecule has 2 N–H and O–H groups in total. The molecule has 10 heteroatoms. The fraction of sp³-hybridized carbons (Fsp3) is 0.417. The zero-order valence-corrected chi connectivity index (χ0v) is 19.0. The smallest absolute Gasteiger partial charge is 0.237 e. The lowest BCUT2D eigenvalue weighted by atomic mass is 9.72. The van der Waals surface area contributed by atoms with Gasteiger partial charge in [0.2, 0.25) is 17.7 Å². The molecule has 0 spiro atoms. The molecule has 0 bridgehead atoms. The molecule has 1 unspecified atom stereocenters. The van der Waals surface area contributed by atoms with Crippen LogP contribution in [0.15, 0.2) is 42.7 Å². The number of hydrogen-bond donors (Lipinski definition) is 2. The summed E-state index contributed by atoms with van der Waals surface area (Å²) >= 11 is 0. The van der Waals surface area contributed by atoms with Crippen molar-refractivity contribution in [1.82, 2.24) is 25.1 Å². The van der Waals surface area contributed by atoms with Crippen LogP contribution in [0.25, 0.3) is 5.65 Å².